The van der Waals surface area contributed by atoms with E-state index >= 15 is 0 Å². The van der Waals surface area contributed by atoms with Crippen LogP contribution in [0.4, 0.5) is 0 Å². The van der Waals surface area contributed by atoms with E-state index in [0.29, 0.717) is 5.92 Å². The summed E-state index contributed by atoms with van der Waals surface area (Å²) in [6, 6.07) is 31.2. The van der Waals surface area contributed by atoms with Gasteiger partial charge < -0.3 is 0 Å². The fraction of sp³-hybridized carbons (Fsp3) is 0.212. The van der Waals surface area contributed by atoms with Gasteiger partial charge in [0.2, 0.25) is 0 Å². The number of hydrogen-bond donors (Lipinski definition) is 0. The van der Waals surface area contributed by atoms with Gasteiger partial charge in [-0.15, -0.1) is 0 Å². The Hall–Kier alpha value is -1.70. The molecule has 4 aromatic rings. The standard InChI is InChI=1S/C21H23.C12H9Si.2ClH.Zr/c1-4-16-13-18-10-11-19(12-15(2)3)21(20(18)14-16)17-8-6-5-7-9-17;1-3-7-11-9(5-1)10-6-2-4-8-12(10)13-11;;;/h5-11,13-15H,4,12H2,1-3H3;1-7H,13H2;2*1H;/q;;;;+2/p-2. The summed E-state index contributed by atoms with van der Waals surface area (Å²) in [4.78, 5) is 0. The van der Waals surface area contributed by atoms with Crippen LogP contribution in [0.3, 0.4) is 0 Å². The molecular weight excluding hydrogens is 587 g/mol. The van der Waals surface area contributed by atoms with Crippen molar-refractivity contribution in [2.45, 2.75) is 37.2 Å². The Kier molecular flexibility index (Phi) is 7.00. The summed E-state index contributed by atoms with van der Waals surface area (Å²) in [6.07, 6.45) is 4.47. The van der Waals surface area contributed by atoms with Gasteiger partial charge >= 0.3 is 237 Å². The van der Waals surface area contributed by atoms with Gasteiger partial charge in [-0.25, -0.2) is 0 Å². The van der Waals surface area contributed by atoms with Crippen LogP contribution in [0, 0.1) is 5.92 Å². The Morgan fingerprint density at radius 2 is 1.57 bits per heavy atom. The maximum atomic E-state index is 7.77. The number of rotatable bonds is 6. The molecule has 0 radical (unpaired) electrons. The molecule has 1 unspecified atom stereocenters. The van der Waals surface area contributed by atoms with E-state index < -0.39 is 27.4 Å². The van der Waals surface area contributed by atoms with E-state index in [9.17, 15) is 0 Å². The zero-order valence-corrected chi connectivity index (χ0v) is 27.1. The second-order valence-electron chi connectivity index (χ2n) is 10.9. The van der Waals surface area contributed by atoms with Gasteiger partial charge in [0.05, 0.1) is 0 Å². The average molecular weight is 619 g/mol. The monoisotopic (exact) mass is 616 g/mol. The molecule has 4 aromatic carbocycles. The van der Waals surface area contributed by atoms with Crippen molar-refractivity contribution in [1.29, 1.82) is 0 Å². The van der Waals surface area contributed by atoms with Crippen LogP contribution in [0.15, 0.2) is 90.5 Å². The number of hydrogen-bond acceptors (Lipinski definition) is 0. The molecule has 0 aromatic heterocycles. The molecule has 0 fully saturated rings. The van der Waals surface area contributed by atoms with Crippen molar-refractivity contribution >= 4 is 46.3 Å². The van der Waals surface area contributed by atoms with Crippen LogP contribution in [-0.4, -0.2) is 9.52 Å². The quantitative estimate of drug-likeness (QED) is 0.176. The molecule has 1 aliphatic carbocycles. The molecule has 0 spiro atoms. The topological polar surface area (TPSA) is 0 Å². The van der Waals surface area contributed by atoms with E-state index in [0.717, 1.165) is 12.8 Å². The Bertz CT molecular complexity index is 1520. The third kappa shape index (κ3) is 4.39. The summed E-state index contributed by atoms with van der Waals surface area (Å²) in [5.41, 5.74) is 10.9. The predicted octanol–water partition coefficient (Wildman–Crippen LogP) is 7.29. The van der Waals surface area contributed by atoms with Crippen LogP contribution in [0.1, 0.15) is 47.5 Å². The first kappa shape index (κ1) is 25.6. The summed E-state index contributed by atoms with van der Waals surface area (Å²) in [7, 11) is 15.0. The van der Waals surface area contributed by atoms with Crippen molar-refractivity contribution < 1.29 is 17.9 Å². The van der Waals surface area contributed by atoms with Crippen molar-refractivity contribution in [2.75, 3.05) is 0 Å². The summed E-state index contributed by atoms with van der Waals surface area (Å²) >= 11 is -3.91. The van der Waals surface area contributed by atoms with Gasteiger partial charge in [-0.3, -0.25) is 0 Å². The number of fused-ring (bicyclic) bond motifs is 4. The number of allylic oxidation sites excluding steroid dienone is 1. The molecule has 0 nitrogen and oxygen atoms in total. The van der Waals surface area contributed by atoms with Gasteiger partial charge in [-0.2, -0.15) is 0 Å². The van der Waals surface area contributed by atoms with E-state index in [1.165, 1.54) is 58.2 Å². The summed E-state index contributed by atoms with van der Waals surface area (Å²) in [6.45, 7) is 6.86. The molecule has 186 valence electrons. The second kappa shape index (κ2) is 10.1. The molecule has 1 atom stereocenters. The zero-order chi connectivity index (χ0) is 25.7. The summed E-state index contributed by atoms with van der Waals surface area (Å²) in [5.74, 6) is 0.588. The molecule has 1 aliphatic heterocycles. The molecule has 0 saturated carbocycles. The van der Waals surface area contributed by atoms with Crippen LogP contribution < -0.4 is 13.6 Å². The normalized spacial score (nSPS) is 16.6. The third-order valence-corrected chi connectivity index (χ3v) is 22.4. The van der Waals surface area contributed by atoms with Crippen LogP contribution in [0.2, 0.25) is 0 Å². The van der Waals surface area contributed by atoms with E-state index in [1.54, 1.807) is 0 Å². The molecule has 0 saturated heterocycles. The van der Waals surface area contributed by atoms with Crippen LogP contribution in [0.25, 0.3) is 28.3 Å². The molecule has 1 heterocycles. The first-order valence-corrected chi connectivity index (χ1v) is 23.8. The number of benzene rings is 4. The van der Waals surface area contributed by atoms with Gasteiger partial charge in [-0.1, -0.05) is 0 Å². The van der Waals surface area contributed by atoms with Crippen LogP contribution in [0.5, 0.6) is 0 Å². The second-order valence-corrected chi connectivity index (χ2v) is 26.7. The van der Waals surface area contributed by atoms with Gasteiger partial charge in [0, 0.05) is 0 Å². The van der Waals surface area contributed by atoms with E-state index in [2.05, 4.69) is 112 Å². The SMILES string of the molecule is CCC1=Cc2c(ccc(CC(C)C)c2-c2ccccc2)[CH]1[Zr]([Cl])([Cl])[c]1cccc2c1[SiH2]c1ccccc1-2. The minimum atomic E-state index is -3.91. The molecule has 37 heavy (non-hydrogen) atoms. The fourth-order valence-corrected chi connectivity index (χ4v) is 23.5. The van der Waals surface area contributed by atoms with E-state index in [-0.39, 0.29) is 3.63 Å². The summed E-state index contributed by atoms with van der Waals surface area (Å²) in [5, 5.41) is 3.01. The van der Waals surface area contributed by atoms with Gasteiger partial charge in [0.25, 0.3) is 0 Å². The molecule has 6 rings (SSSR count). The molecule has 0 amide bonds. The van der Waals surface area contributed by atoms with E-state index in [1.807, 2.05) is 0 Å². The molecule has 2 aliphatic rings. The van der Waals surface area contributed by atoms with Crippen molar-refractivity contribution in [3.63, 3.8) is 0 Å². The van der Waals surface area contributed by atoms with Crippen LogP contribution in [-0.2, 0) is 24.3 Å². The van der Waals surface area contributed by atoms with Crippen molar-refractivity contribution in [3.05, 3.63) is 107 Å². The van der Waals surface area contributed by atoms with E-state index in [4.69, 9.17) is 17.0 Å². The Balaban J connectivity index is 1.52. The molecule has 0 N–H and O–H groups in total. The zero-order valence-electron chi connectivity index (χ0n) is 21.7. The van der Waals surface area contributed by atoms with Gasteiger partial charge in [0.15, 0.2) is 0 Å². The first-order chi connectivity index (χ1) is 17.9. The average Bonchev–Trinajstić information content (AvgIpc) is 3.47. The minimum absolute atomic E-state index is 0.136. The van der Waals surface area contributed by atoms with Gasteiger partial charge in [-0.05, 0) is 0 Å². The van der Waals surface area contributed by atoms with Crippen molar-refractivity contribution in [3.8, 4) is 22.3 Å². The Labute approximate surface area is 235 Å². The van der Waals surface area contributed by atoms with Gasteiger partial charge in [0.1, 0.15) is 0 Å². The predicted molar refractivity (Wildman–Crippen MR) is 162 cm³/mol. The van der Waals surface area contributed by atoms with Crippen LogP contribution >= 0.6 is 17.0 Å². The van der Waals surface area contributed by atoms with Crippen molar-refractivity contribution in [2.24, 2.45) is 5.92 Å². The fourth-order valence-electron chi connectivity index (χ4n) is 6.47. The molecule has 4 heteroatoms. The Morgan fingerprint density at radius 3 is 2.32 bits per heavy atom. The maximum absolute atomic E-state index is 7.77. The molecular formula is C33H32Cl2SiZr. The molecule has 0 bridgehead atoms. The number of halogens is 2. The Morgan fingerprint density at radius 1 is 0.838 bits per heavy atom. The van der Waals surface area contributed by atoms with Crippen molar-refractivity contribution in [1.82, 2.24) is 0 Å². The summed E-state index contributed by atoms with van der Waals surface area (Å²) < 4.78 is 1.44. The third-order valence-electron chi connectivity index (χ3n) is 8.05. The first-order valence-electron chi connectivity index (χ1n) is 13.4.